The van der Waals surface area contributed by atoms with Gasteiger partial charge in [-0.3, -0.25) is 4.79 Å². The SMILES string of the molecule is CC(C=CC1=C(C)CCCC1(C)C)=CC=Cc1ccc(C(=O)NCCO)cc1. The van der Waals surface area contributed by atoms with Crippen LogP contribution in [-0.4, -0.2) is 24.2 Å². The standard InChI is InChI=1S/C25H33NO2/c1-19(10-15-23-20(2)8-6-16-25(23,3)4)7-5-9-21-11-13-22(14-12-21)24(28)26-17-18-27/h5,7,9-15,27H,6,8,16-18H2,1-4H3,(H,26,28). The van der Waals surface area contributed by atoms with Gasteiger partial charge in [-0.25, -0.2) is 0 Å². The fourth-order valence-electron chi connectivity index (χ4n) is 3.61. The van der Waals surface area contributed by atoms with Crippen molar-refractivity contribution in [1.29, 1.82) is 0 Å². The van der Waals surface area contributed by atoms with Crippen LogP contribution in [0.1, 0.15) is 62.9 Å². The first-order valence-corrected chi connectivity index (χ1v) is 10.1. The van der Waals surface area contributed by atoms with Crippen LogP contribution in [-0.2, 0) is 0 Å². The second kappa shape index (κ2) is 10.2. The highest BCUT2D eigenvalue weighted by molar-refractivity contribution is 5.94. The number of carbonyl (C=O) groups is 1. The normalized spacial score (nSPS) is 17.5. The second-order valence-corrected chi connectivity index (χ2v) is 8.14. The van der Waals surface area contributed by atoms with E-state index in [4.69, 9.17) is 5.11 Å². The average molecular weight is 380 g/mol. The molecule has 0 aliphatic heterocycles. The summed E-state index contributed by atoms with van der Waals surface area (Å²) >= 11 is 0. The Morgan fingerprint density at radius 2 is 1.93 bits per heavy atom. The van der Waals surface area contributed by atoms with Crippen LogP contribution in [0.5, 0.6) is 0 Å². The van der Waals surface area contributed by atoms with Gasteiger partial charge in [-0.1, -0.05) is 67.5 Å². The lowest BCUT2D eigenvalue weighted by Crippen LogP contribution is -2.26. The second-order valence-electron chi connectivity index (χ2n) is 8.14. The van der Waals surface area contributed by atoms with Crippen LogP contribution < -0.4 is 5.32 Å². The van der Waals surface area contributed by atoms with Crippen molar-refractivity contribution in [2.75, 3.05) is 13.2 Å². The lowest BCUT2D eigenvalue weighted by atomic mass is 9.72. The lowest BCUT2D eigenvalue weighted by Gasteiger charge is -2.32. The van der Waals surface area contributed by atoms with Crippen molar-refractivity contribution in [3.8, 4) is 0 Å². The van der Waals surface area contributed by atoms with Crippen molar-refractivity contribution in [3.63, 3.8) is 0 Å². The highest BCUT2D eigenvalue weighted by Crippen LogP contribution is 2.40. The number of benzene rings is 1. The van der Waals surface area contributed by atoms with E-state index in [0.29, 0.717) is 5.56 Å². The van der Waals surface area contributed by atoms with Gasteiger partial charge in [-0.15, -0.1) is 0 Å². The molecule has 0 saturated heterocycles. The molecule has 0 radical (unpaired) electrons. The topological polar surface area (TPSA) is 49.3 Å². The molecule has 1 aliphatic rings. The van der Waals surface area contributed by atoms with Gasteiger partial charge in [0.15, 0.2) is 0 Å². The number of hydrogen-bond acceptors (Lipinski definition) is 2. The van der Waals surface area contributed by atoms with Crippen LogP contribution in [0, 0.1) is 5.41 Å². The smallest absolute Gasteiger partial charge is 0.251 e. The Morgan fingerprint density at radius 1 is 1.21 bits per heavy atom. The van der Waals surface area contributed by atoms with Gasteiger partial charge in [0.25, 0.3) is 5.91 Å². The molecular weight excluding hydrogens is 346 g/mol. The molecular formula is C25H33NO2. The average Bonchev–Trinajstić information content (AvgIpc) is 2.65. The van der Waals surface area contributed by atoms with Gasteiger partial charge in [0.2, 0.25) is 0 Å². The number of aliphatic hydroxyl groups excluding tert-OH is 1. The molecule has 0 spiro atoms. The molecule has 1 aromatic rings. The van der Waals surface area contributed by atoms with Crippen molar-refractivity contribution in [1.82, 2.24) is 5.32 Å². The number of nitrogens with one attached hydrogen (secondary N) is 1. The summed E-state index contributed by atoms with van der Waals surface area (Å²) in [5.74, 6) is -0.166. The van der Waals surface area contributed by atoms with E-state index in [-0.39, 0.29) is 24.5 Å². The van der Waals surface area contributed by atoms with Crippen LogP contribution in [0.25, 0.3) is 6.08 Å². The Labute approximate surface area is 169 Å². The van der Waals surface area contributed by atoms with Crippen molar-refractivity contribution in [2.24, 2.45) is 5.41 Å². The molecule has 2 rings (SSSR count). The molecule has 1 aliphatic carbocycles. The largest absolute Gasteiger partial charge is 0.395 e. The molecule has 28 heavy (non-hydrogen) atoms. The van der Waals surface area contributed by atoms with Gasteiger partial charge in [-0.2, -0.15) is 0 Å². The Bertz CT molecular complexity index is 792. The molecule has 3 heteroatoms. The fourth-order valence-corrected chi connectivity index (χ4v) is 3.61. The maximum atomic E-state index is 11.8. The number of aliphatic hydroxyl groups is 1. The molecule has 0 saturated carbocycles. The van der Waals surface area contributed by atoms with E-state index >= 15 is 0 Å². The van der Waals surface area contributed by atoms with Gasteiger partial charge < -0.3 is 10.4 Å². The third-order valence-electron chi connectivity index (χ3n) is 5.27. The molecule has 150 valence electrons. The predicted molar refractivity (Wildman–Crippen MR) is 118 cm³/mol. The zero-order valence-corrected chi connectivity index (χ0v) is 17.6. The Kier molecular flexibility index (Phi) is 8.01. The van der Waals surface area contributed by atoms with Crippen LogP contribution in [0.15, 0.2) is 65.3 Å². The first-order valence-electron chi connectivity index (χ1n) is 10.1. The predicted octanol–water partition coefficient (Wildman–Crippen LogP) is 5.45. The minimum absolute atomic E-state index is 0.0545. The van der Waals surface area contributed by atoms with Crippen LogP contribution in [0.4, 0.5) is 0 Å². The lowest BCUT2D eigenvalue weighted by molar-refractivity contribution is 0.0945. The monoisotopic (exact) mass is 379 g/mol. The maximum absolute atomic E-state index is 11.8. The Hall–Kier alpha value is -2.39. The van der Waals surface area contributed by atoms with E-state index in [9.17, 15) is 4.79 Å². The van der Waals surface area contributed by atoms with E-state index in [0.717, 1.165) is 5.56 Å². The summed E-state index contributed by atoms with van der Waals surface area (Å²) in [6, 6.07) is 7.43. The number of allylic oxidation sites excluding steroid dienone is 7. The van der Waals surface area contributed by atoms with Crippen molar-refractivity contribution in [3.05, 3.63) is 76.4 Å². The summed E-state index contributed by atoms with van der Waals surface area (Å²) in [4.78, 5) is 11.8. The zero-order chi connectivity index (χ0) is 20.6. The third kappa shape index (κ3) is 6.35. The molecule has 3 nitrogen and oxygen atoms in total. The summed E-state index contributed by atoms with van der Waals surface area (Å²) in [5, 5.41) is 11.4. The number of hydrogen-bond donors (Lipinski definition) is 2. The summed E-state index contributed by atoms with van der Waals surface area (Å²) in [7, 11) is 0. The number of carbonyl (C=O) groups excluding carboxylic acids is 1. The quantitative estimate of drug-likeness (QED) is 0.619. The Morgan fingerprint density at radius 3 is 2.57 bits per heavy atom. The fraction of sp³-hybridized carbons (Fsp3) is 0.400. The van der Waals surface area contributed by atoms with Crippen molar-refractivity contribution < 1.29 is 9.90 Å². The van der Waals surface area contributed by atoms with E-state index in [1.165, 1.54) is 36.0 Å². The number of amides is 1. The molecule has 2 N–H and O–H groups in total. The van der Waals surface area contributed by atoms with Crippen molar-refractivity contribution in [2.45, 2.75) is 47.0 Å². The molecule has 0 fully saturated rings. The molecule has 1 amide bonds. The van der Waals surface area contributed by atoms with Gasteiger partial charge in [0.05, 0.1) is 6.61 Å². The molecule has 0 heterocycles. The number of rotatable bonds is 7. The summed E-state index contributed by atoms with van der Waals surface area (Å²) in [5.41, 5.74) is 6.10. The highest BCUT2D eigenvalue weighted by atomic mass is 16.3. The van der Waals surface area contributed by atoms with E-state index in [2.05, 4.69) is 51.2 Å². The van der Waals surface area contributed by atoms with Crippen LogP contribution in [0.3, 0.4) is 0 Å². The molecule has 0 bridgehead atoms. The first-order chi connectivity index (χ1) is 13.3. The molecule has 0 atom stereocenters. The van der Waals surface area contributed by atoms with Crippen LogP contribution in [0.2, 0.25) is 0 Å². The van der Waals surface area contributed by atoms with E-state index in [1.807, 2.05) is 24.3 Å². The zero-order valence-electron chi connectivity index (χ0n) is 17.6. The third-order valence-corrected chi connectivity index (χ3v) is 5.27. The van der Waals surface area contributed by atoms with Gasteiger partial charge in [0.1, 0.15) is 0 Å². The summed E-state index contributed by atoms with van der Waals surface area (Å²) in [6.45, 7) is 9.26. The summed E-state index contributed by atoms with van der Waals surface area (Å²) in [6.07, 6.45) is 14.4. The first kappa shape index (κ1) is 21.9. The van der Waals surface area contributed by atoms with Crippen LogP contribution >= 0.6 is 0 Å². The molecule has 0 unspecified atom stereocenters. The Balaban J connectivity index is 1.99. The van der Waals surface area contributed by atoms with Gasteiger partial charge in [0, 0.05) is 12.1 Å². The summed E-state index contributed by atoms with van der Waals surface area (Å²) < 4.78 is 0. The molecule has 0 aromatic heterocycles. The van der Waals surface area contributed by atoms with Gasteiger partial charge in [-0.05, 0) is 61.8 Å². The highest BCUT2D eigenvalue weighted by Gasteiger charge is 2.26. The maximum Gasteiger partial charge on any atom is 0.251 e. The van der Waals surface area contributed by atoms with Crippen molar-refractivity contribution >= 4 is 12.0 Å². The van der Waals surface area contributed by atoms with E-state index in [1.54, 1.807) is 12.1 Å². The minimum Gasteiger partial charge on any atom is -0.395 e. The minimum atomic E-state index is -0.166. The van der Waals surface area contributed by atoms with Gasteiger partial charge >= 0.3 is 0 Å². The molecule has 1 aromatic carbocycles. The van der Waals surface area contributed by atoms with E-state index < -0.39 is 0 Å².